The van der Waals surface area contributed by atoms with E-state index in [0.717, 1.165) is 6.21 Å². The van der Waals surface area contributed by atoms with Crippen LogP contribution in [0.2, 0.25) is 0 Å². The summed E-state index contributed by atoms with van der Waals surface area (Å²) in [6.07, 6.45) is 1.09. The van der Waals surface area contributed by atoms with E-state index in [1.807, 2.05) is 0 Å². The van der Waals surface area contributed by atoms with Crippen molar-refractivity contribution in [2.24, 2.45) is 10.7 Å². The molecule has 86 valence electrons. The fourth-order valence-electron chi connectivity index (χ4n) is 1.39. The minimum absolute atomic E-state index is 0.0727. The van der Waals surface area contributed by atoms with Gasteiger partial charge >= 0.3 is 5.63 Å². The van der Waals surface area contributed by atoms with Crippen molar-refractivity contribution in [1.29, 1.82) is 0 Å². The maximum atomic E-state index is 11.6. The molecule has 0 atom stereocenters. The third-order valence-corrected chi connectivity index (χ3v) is 2.25. The van der Waals surface area contributed by atoms with Gasteiger partial charge in [0.05, 0.1) is 5.39 Å². The molecule has 0 fully saturated rings. The number of para-hydroxylation sites is 1. The van der Waals surface area contributed by atoms with Crippen LogP contribution in [0.4, 0.5) is 0 Å². The minimum Gasteiger partial charge on any atom is -0.506 e. The van der Waals surface area contributed by atoms with Gasteiger partial charge in [0.15, 0.2) is 5.11 Å². The lowest BCUT2D eigenvalue weighted by Crippen LogP contribution is -2.10. The van der Waals surface area contributed by atoms with Gasteiger partial charge in [-0.2, -0.15) is 0 Å². The highest BCUT2D eigenvalue weighted by atomic mass is 32.1. The zero-order chi connectivity index (χ0) is 12.4. The number of hydrogen-bond donors (Lipinski definition) is 2. The number of fused-ring (bicyclic) bond motifs is 1. The molecular weight excluding hydrogens is 240 g/mol. The summed E-state index contributed by atoms with van der Waals surface area (Å²) in [5.74, 6) is -0.197. The number of aromatic hydroxyl groups is 1. The van der Waals surface area contributed by atoms with Crippen LogP contribution in [0.5, 0.6) is 5.75 Å². The summed E-state index contributed by atoms with van der Waals surface area (Å²) >= 11 is 4.54. The molecule has 0 saturated carbocycles. The molecule has 0 saturated heterocycles. The largest absolute Gasteiger partial charge is 0.506 e. The van der Waals surface area contributed by atoms with Crippen molar-refractivity contribution in [3.8, 4) is 5.75 Å². The quantitative estimate of drug-likeness (QED) is 0.449. The molecule has 0 aliphatic carbocycles. The molecule has 17 heavy (non-hydrogen) atoms. The van der Waals surface area contributed by atoms with Crippen molar-refractivity contribution in [2.75, 3.05) is 0 Å². The Kier molecular flexibility index (Phi) is 2.88. The molecule has 0 unspecified atom stereocenters. The number of rotatable bonds is 1. The van der Waals surface area contributed by atoms with Crippen molar-refractivity contribution in [2.45, 2.75) is 0 Å². The topological polar surface area (TPSA) is 88.8 Å². The Balaban J connectivity index is 2.72. The maximum absolute atomic E-state index is 11.6. The van der Waals surface area contributed by atoms with Crippen LogP contribution in [0.3, 0.4) is 0 Å². The van der Waals surface area contributed by atoms with Gasteiger partial charge in [0.25, 0.3) is 0 Å². The second-order valence-corrected chi connectivity index (χ2v) is 3.66. The molecule has 0 aliphatic rings. The highest BCUT2D eigenvalue weighted by Crippen LogP contribution is 2.24. The van der Waals surface area contributed by atoms with Crippen LogP contribution in [0.25, 0.3) is 11.0 Å². The predicted octanol–water partition coefficient (Wildman–Crippen LogP) is 1.16. The molecule has 0 spiro atoms. The normalized spacial score (nSPS) is 11.1. The Morgan fingerprint density at radius 3 is 2.88 bits per heavy atom. The highest BCUT2D eigenvalue weighted by molar-refractivity contribution is 7.80. The maximum Gasteiger partial charge on any atom is 0.348 e. The third-order valence-electron chi connectivity index (χ3n) is 2.14. The molecule has 2 aromatic rings. The number of thiocarbonyl (C=S) groups is 1. The molecule has 1 aromatic heterocycles. The van der Waals surface area contributed by atoms with Gasteiger partial charge in [-0.25, -0.2) is 9.79 Å². The molecular formula is C11H8N2O3S. The molecule has 2 rings (SSSR count). The molecule has 0 bridgehead atoms. The third kappa shape index (κ3) is 2.16. The van der Waals surface area contributed by atoms with Gasteiger partial charge < -0.3 is 15.3 Å². The molecule has 1 aromatic carbocycles. The average molecular weight is 248 g/mol. The monoisotopic (exact) mass is 248 g/mol. The van der Waals surface area contributed by atoms with Crippen LogP contribution in [-0.2, 0) is 0 Å². The van der Waals surface area contributed by atoms with Crippen LogP contribution < -0.4 is 11.4 Å². The van der Waals surface area contributed by atoms with Crippen molar-refractivity contribution in [3.63, 3.8) is 0 Å². The van der Waals surface area contributed by atoms with Crippen LogP contribution in [0.15, 0.2) is 38.5 Å². The smallest absolute Gasteiger partial charge is 0.348 e. The molecule has 6 heteroatoms. The van der Waals surface area contributed by atoms with E-state index in [2.05, 4.69) is 17.2 Å². The molecule has 3 N–H and O–H groups in total. The SMILES string of the molecule is NC(=S)/N=C/c1c(O)c2ccccc2oc1=O. The lowest BCUT2D eigenvalue weighted by atomic mass is 10.1. The van der Waals surface area contributed by atoms with E-state index in [9.17, 15) is 9.90 Å². The van der Waals surface area contributed by atoms with E-state index in [1.165, 1.54) is 0 Å². The van der Waals surface area contributed by atoms with Gasteiger partial charge in [-0.15, -0.1) is 0 Å². The number of hydrogen-bond acceptors (Lipinski definition) is 4. The van der Waals surface area contributed by atoms with Gasteiger partial charge in [0.1, 0.15) is 16.9 Å². The van der Waals surface area contributed by atoms with Crippen LogP contribution in [-0.4, -0.2) is 16.4 Å². The zero-order valence-electron chi connectivity index (χ0n) is 8.58. The fourth-order valence-corrected chi connectivity index (χ4v) is 1.44. The van der Waals surface area contributed by atoms with E-state index in [1.54, 1.807) is 24.3 Å². The van der Waals surface area contributed by atoms with E-state index in [-0.39, 0.29) is 16.4 Å². The van der Waals surface area contributed by atoms with Crippen molar-refractivity contribution < 1.29 is 9.52 Å². The van der Waals surface area contributed by atoms with E-state index >= 15 is 0 Å². The molecule has 1 heterocycles. The minimum atomic E-state index is -0.693. The first-order valence-electron chi connectivity index (χ1n) is 4.68. The van der Waals surface area contributed by atoms with Crippen LogP contribution >= 0.6 is 12.2 Å². The first-order chi connectivity index (χ1) is 8.09. The van der Waals surface area contributed by atoms with Gasteiger partial charge in [-0.3, -0.25) is 0 Å². The van der Waals surface area contributed by atoms with Gasteiger partial charge in [-0.1, -0.05) is 12.1 Å². The van der Waals surface area contributed by atoms with Gasteiger partial charge in [0, 0.05) is 6.21 Å². The van der Waals surface area contributed by atoms with Crippen molar-refractivity contribution in [3.05, 3.63) is 40.2 Å². The number of aliphatic imine (C=N–C) groups is 1. The molecule has 5 nitrogen and oxygen atoms in total. The lowest BCUT2D eigenvalue weighted by molar-refractivity contribution is 0.466. The Hall–Kier alpha value is -2.21. The average Bonchev–Trinajstić information content (AvgIpc) is 2.28. The van der Waals surface area contributed by atoms with Crippen LogP contribution in [0.1, 0.15) is 5.56 Å². The zero-order valence-corrected chi connectivity index (χ0v) is 9.40. The predicted molar refractivity (Wildman–Crippen MR) is 68.5 cm³/mol. The van der Waals surface area contributed by atoms with Crippen molar-refractivity contribution in [1.82, 2.24) is 0 Å². The van der Waals surface area contributed by atoms with E-state index in [0.29, 0.717) is 11.0 Å². The number of benzene rings is 1. The molecule has 0 radical (unpaired) electrons. The summed E-state index contributed by atoms with van der Waals surface area (Å²) in [4.78, 5) is 15.2. The first-order valence-corrected chi connectivity index (χ1v) is 5.08. The fraction of sp³-hybridized carbons (Fsp3) is 0. The Morgan fingerprint density at radius 1 is 1.47 bits per heavy atom. The van der Waals surface area contributed by atoms with E-state index < -0.39 is 5.63 Å². The number of nitrogens with zero attached hydrogens (tertiary/aromatic N) is 1. The van der Waals surface area contributed by atoms with Gasteiger partial charge in [-0.05, 0) is 24.4 Å². The Morgan fingerprint density at radius 2 is 2.18 bits per heavy atom. The first kappa shape index (κ1) is 11.3. The highest BCUT2D eigenvalue weighted by Gasteiger charge is 2.11. The van der Waals surface area contributed by atoms with Crippen molar-refractivity contribution >= 4 is 34.5 Å². The summed E-state index contributed by atoms with van der Waals surface area (Å²) in [6, 6.07) is 6.64. The summed E-state index contributed by atoms with van der Waals surface area (Å²) in [5.41, 5.74) is 4.71. The summed E-state index contributed by atoms with van der Waals surface area (Å²) in [6.45, 7) is 0. The second-order valence-electron chi connectivity index (χ2n) is 3.24. The number of nitrogens with two attached hydrogens (primary N) is 1. The standard InChI is InChI=1S/C11H8N2O3S/c12-11(17)13-5-7-9(14)6-3-1-2-4-8(6)16-10(7)15/h1-5,14H,(H2,12,17)/b13-5+. The summed E-state index contributed by atoms with van der Waals surface area (Å²) in [7, 11) is 0. The second kappa shape index (κ2) is 4.34. The Labute approximate surface area is 101 Å². The van der Waals surface area contributed by atoms with Gasteiger partial charge in [0.2, 0.25) is 0 Å². The lowest BCUT2D eigenvalue weighted by Gasteiger charge is -2.01. The molecule has 0 amide bonds. The van der Waals surface area contributed by atoms with Crippen LogP contribution in [0, 0.1) is 0 Å². The summed E-state index contributed by atoms with van der Waals surface area (Å²) in [5, 5.41) is 10.2. The molecule has 0 aliphatic heterocycles. The Bertz CT molecular complexity index is 676. The van der Waals surface area contributed by atoms with E-state index in [4.69, 9.17) is 10.2 Å². The summed E-state index contributed by atoms with van der Waals surface area (Å²) < 4.78 is 5.02.